The van der Waals surface area contributed by atoms with Gasteiger partial charge in [0.25, 0.3) is 0 Å². The van der Waals surface area contributed by atoms with Crippen LogP contribution in [-0.2, 0) is 4.75 Å². The van der Waals surface area contributed by atoms with E-state index in [1.807, 2.05) is 0 Å². The van der Waals surface area contributed by atoms with Gasteiger partial charge in [0.2, 0.25) is 5.91 Å². The summed E-state index contributed by atoms with van der Waals surface area (Å²) < 4.78 is 40.1. The molecule has 0 saturated heterocycles. The second kappa shape index (κ2) is 7.24. The van der Waals surface area contributed by atoms with E-state index in [1.165, 1.54) is 23.6 Å². The minimum Gasteiger partial charge on any atom is -0.366 e. The molecule has 2 N–H and O–H groups in total. The number of nitrogens with two attached hydrogens (primary N) is 1. The molecule has 0 radical (unpaired) electrons. The summed E-state index contributed by atoms with van der Waals surface area (Å²) in [6, 6.07) is 8.63. The first-order valence-corrected chi connectivity index (χ1v) is 9.56. The molecule has 1 amide bonds. The third-order valence-electron chi connectivity index (χ3n) is 4.29. The molecule has 0 bridgehead atoms. The number of hydrogen-bond donors (Lipinski definition) is 1. The average molecular weight is 453 g/mol. The molecule has 2 aromatic carbocycles. The highest BCUT2D eigenvalue weighted by Gasteiger charge is 2.58. The number of allylic oxidation sites excluding steroid dienone is 1. The predicted octanol–water partition coefficient (Wildman–Crippen LogP) is 6.68. The highest BCUT2D eigenvalue weighted by atomic mass is 35.5. The number of amides is 1. The van der Waals surface area contributed by atoms with Crippen molar-refractivity contribution in [1.29, 1.82) is 0 Å². The van der Waals surface area contributed by atoms with Gasteiger partial charge in [0.15, 0.2) is 0 Å². The van der Waals surface area contributed by atoms with Crippen LogP contribution in [0.15, 0.2) is 41.8 Å². The lowest BCUT2D eigenvalue weighted by Crippen LogP contribution is -2.37. The summed E-state index contributed by atoms with van der Waals surface area (Å²) in [5.41, 5.74) is 6.14. The van der Waals surface area contributed by atoms with E-state index in [0.717, 1.165) is 0 Å². The first-order chi connectivity index (χ1) is 12.6. The summed E-state index contributed by atoms with van der Waals surface area (Å²) in [7, 11) is 0. The Kier molecular flexibility index (Phi) is 5.47. The lowest BCUT2D eigenvalue weighted by atomic mass is 9.87. The Morgan fingerprint density at radius 3 is 2.26 bits per heavy atom. The van der Waals surface area contributed by atoms with E-state index in [4.69, 9.17) is 40.5 Å². The minimum atomic E-state index is -4.61. The van der Waals surface area contributed by atoms with Crippen molar-refractivity contribution in [2.45, 2.75) is 17.3 Å². The smallest absolute Gasteiger partial charge is 0.366 e. The molecule has 9 heteroatoms. The molecule has 142 valence electrons. The van der Waals surface area contributed by atoms with Crippen LogP contribution in [0.2, 0.25) is 15.1 Å². The number of halogens is 6. The first kappa shape index (κ1) is 20.4. The van der Waals surface area contributed by atoms with Crippen molar-refractivity contribution in [1.82, 2.24) is 0 Å². The molecule has 27 heavy (non-hydrogen) atoms. The van der Waals surface area contributed by atoms with Crippen molar-refractivity contribution in [3.05, 3.63) is 73.6 Å². The first-order valence-electron chi connectivity index (χ1n) is 7.54. The van der Waals surface area contributed by atoms with Crippen molar-refractivity contribution >= 4 is 58.0 Å². The normalized spacial score (nSPS) is 19.9. The van der Waals surface area contributed by atoms with Crippen molar-refractivity contribution in [2.75, 3.05) is 0 Å². The Morgan fingerprint density at radius 2 is 1.70 bits per heavy atom. The van der Waals surface area contributed by atoms with Crippen LogP contribution in [0.1, 0.15) is 27.9 Å². The molecular formula is C18H11Cl3F3NOS. The number of carbonyl (C=O) groups excluding carboxylic acids is 1. The lowest BCUT2D eigenvalue weighted by molar-refractivity contribution is -0.160. The zero-order chi connectivity index (χ0) is 20.0. The third-order valence-corrected chi connectivity index (χ3v) is 6.90. The summed E-state index contributed by atoms with van der Waals surface area (Å²) in [4.78, 5) is 11.6. The van der Waals surface area contributed by atoms with Gasteiger partial charge in [-0.25, -0.2) is 0 Å². The zero-order valence-corrected chi connectivity index (χ0v) is 16.5. The lowest BCUT2D eigenvalue weighted by Gasteiger charge is -2.32. The Balaban J connectivity index is 2.11. The molecule has 1 unspecified atom stereocenters. The van der Waals surface area contributed by atoms with E-state index in [2.05, 4.69) is 0 Å². The van der Waals surface area contributed by atoms with E-state index in [0.29, 0.717) is 22.9 Å². The Morgan fingerprint density at radius 1 is 1.11 bits per heavy atom. The van der Waals surface area contributed by atoms with Crippen LogP contribution < -0.4 is 5.73 Å². The van der Waals surface area contributed by atoms with Gasteiger partial charge in [0, 0.05) is 12.0 Å². The van der Waals surface area contributed by atoms with E-state index < -0.39 is 23.3 Å². The summed E-state index contributed by atoms with van der Waals surface area (Å²) >= 11 is 18.4. The quantitative estimate of drug-likeness (QED) is 0.528. The third kappa shape index (κ3) is 3.56. The van der Waals surface area contributed by atoms with Crippen LogP contribution in [0.3, 0.4) is 0 Å². The van der Waals surface area contributed by atoms with Crippen molar-refractivity contribution in [3.8, 4) is 0 Å². The summed E-state index contributed by atoms with van der Waals surface area (Å²) in [6.45, 7) is 0. The Bertz CT molecular complexity index is 938. The summed E-state index contributed by atoms with van der Waals surface area (Å²) in [5.74, 6) is -0.710. The van der Waals surface area contributed by atoms with E-state index >= 15 is 0 Å². The predicted molar refractivity (Wildman–Crippen MR) is 104 cm³/mol. The van der Waals surface area contributed by atoms with Crippen LogP contribution >= 0.6 is 46.6 Å². The van der Waals surface area contributed by atoms with Gasteiger partial charge in [0.1, 0.15) is 4.75 Å². The number of primary amides is 1. The Hall–Kier alpha value is -1.34. The number of carbonyl (C=O) groups is 1. The molecule has 3 rings (SSSR count). The maximum absolute atomic E-state index is 14.1. The van der Waals surface area contributed by atoms with Gasteiger partial charge in [-0.05, 0) is 40.3 Å². The minimum absolute atomic E-state index is 0.00494. The fourth-order valence-electron chi connectivity index (χ4n) is 2.95. The van der Waals surface area contributed by atoms with Crippen LogP contribution in [-0.4, -0.2) is 12.1 Å². The summed E-state index contributed by atoms with van der Waals surface area (Å²) in [5, 5.41) is 1.27. The molecule has 2 nitrogen and oxygen atoms in total. The van der Waals surface area contributed by atoms with Crippen LogP contribution in [0, 0.1) is 0 Å². The maximum atomic E-state index is 14.1. The van der Waals surface area contributed by atoms with Crippen molar-refractivity contribution < 1.29 is 18.0 Å². The molecule has 2 aromatic rings. The molecule has 0 saturated carbocycles. The molecule has 0 aromatic heterocycles. The van der Waals surface area contributed by atoms with Gasteiger partial charge in [-0.2, -0.15) is 13.2 Å². The standard InChI is InChI=1S/C18H11Cl3F3NOS/c19-13-5-10(6-14(20)15(13)21)17(18(22,23)24)7-9(8-27-17)11-3-1-2-4-12(11)16(25)26/h1-6,8H,7H2,(H2,25,26). The van der Waals surface area contributed by atoms with E-state index in [1.54, 1.807) is 18.2 Å². The molecule has 0 spiro atoms. The fraction of sp³-hybridized carbons (Fsp3) is 0.167. The molecule has 1 aliphatic rings. The second-order valence-corrected chi connectivity index (χ2v) is 8.29. The van der Waals surface area contributed by atoms with Crippen LogP contribution in [0.5, 0.6) is 0 Å². The maximum Gasteiger partial charge on any atom is 0.407 e. The molecular weight excluding hydrogens is 442 g/mol. The monoisotopic (exact) mass is 451 g/mol. The SMILES string of the molecule is NC(=O)c1ccccc1C1=CSC(c2cc(Cl)c(Cl)c(Cl)c2)(C(F)(F)F)C1. The fourth-order valence-corrected chi connectivity index (χ4v) is 4.73. The van der Waals surface area contributed by atoms with Crippen molar-refractivity contribution in [3.63, 3.8) is 0 Å². The highest BCUT2D eigenvalue weighted by Crippen LogP contribution is 2.60. The van der Waals surface area contributed by atoms with Gasteiger partial charge < -0.3 is 5.73 Å². The van der Waals surface area contributed by atoms with Gasteiger partial charge in [0.05, 0.1) is 15.1 Å². The molecule has 1 heterocycles. The molecule has 1 aliphatic heterocycles. The largest absolute Gasteiger partial charge is 0.407 e. The van der Waals surface area contributed by atoms with Crippen molar-refractivity contribution in [2.24, 2.45) is 5.73 Å². The topological polar surface area (TPSA) is 43.1 Å². The number of rotatable bonds is 3. The second-order valence-electron chi connectivity index (χ2n) is 5.93. The zero-order valence-electron chi connectivity index (χ0n) is 13.4. The van der Waals surface area contributed by atoms with Crippen LogP contribution in [0.25, 0.3) is 5.57 Å². The average Bonchev–Trinajstić information content (AvgIpc) is 3.05. The number of alkyl halides is 3. The number of benzene rings is 2. The molecule has 0 fully saturated rings. The van der Waals surface area contributed by atoms with Gasteiger partial charge in [-0.1, -0.05) is 53.0 Å². The van der Waals surface area contributed by atoms with Gasteiger partial charge >= 0.3 is 6.18 Å². The number of hydrogen-bond acceptors (Lipinski definition) is 2. The van der Waals surface area contributed by atoms with E-state index in [9.17, 15) is 18.0 Å². The van der Waals surface area contributed by atoms with Gasteiger partial charge in [-0.15, -0.1) is 11.8 Å². The highest BCUT2D eigenvalue weighted by molar-refractivity contribution is 8.03. The van der Waals surface area contributed by atoms with E-state index in [-0.39, 0.29) is 26.2 Å². The summed E-state index contributed by atoms with van der Waals surface area (Å²) in [6.07, 6.45) is -5.02. The molecule has 0 aliphatic carbocycles. The van der Waals surface area contributed by atoms with Gasteiger partial charge in [-0.3, -0.25) is 4.79 Å². The Labute approximate surface area is 172 Å². The van der Waals surface area contributed by atoms with Crippen LogP contribution in [0.4, 0.5) is 13.2 Å². The molecule has 1 atom stereocenters. The number of thioether (sulfide) groups is 1.